The molecule has 10 atom stereocenters. The maximum Gasteiger partial charge on any atom is 0.408 e. The van der Waals surface area contributed by atoms with Crippen molar-refractivity contribution in [3.8, 4) is 45.0 Å². The Labute approximate surface area is 660 Å². The molecule has 0 bridgehead atoms. The molecule has 5 saturated carbocycles. The lowest BCUT2D eigenvalue weighted by atomic mass is 10.0. The van der Waals surface area contributed by atoms with Crippen LogP contribution in [0.15, 0.2) is 158 Å². The zero-order chi connectivity index (χ0) is 78.7. The van der Waals surface area contributed by atoms with Gasteiger partial charge in [0.2, 0.25) is 33.7 Å². The average molecular weight is 1570 g/mol. The van der Waals surface area contributed by atoms with Gasteiger partial charge < -0.3 is 45.6 Å². The second-order valence-electron chi connectivity index (χ2n) is 31.9. The van der Waals surface area contributed by atoms with Crippen molar-refractivity contribution in [2.24, 2.45) is 11.8 Å². The smallest absolute Gasteiger partial charge is 0.408 e. The third kappa shape index (κ3) is 16.5. The van der Waals surface area contributed by atoms with Gasteiger partial charge in [-0.05, 0) is 128 Å². The summed E-state index contributed by atoms with van der Waals surface area (Å²) in [4.78, 5) is 127. The molecule has 0 radical (unpaired) electrons. The van der Waals surface area contributed by atoms with Crippen LogP contribution in [0.1, 0.15) is 166 Å². The Morgan fingerprint density at radius 2 is 0.904 bits per heavy atom. The first-order valence-electron chi connectivity index (χ1n) is 40.4. The van der Waals surface area contributed by atoms with Gasteiger partial charge in [-0.25, -0.2) is 22.8 Å². The van der Waals surface area contributed by atoms with Gasteiger partial charge in [0.1, 0.15) is 70.2 Å². The van der Waals surface area contributed by atoms with Gasteiger partial charge >= 0.3 is 18.2 Å². The minimum Gasteiger partial charge on any atom is -0.479 e. The molecule has 28 nitrogen and oxygen atoms in total. The SMILES string of the molecule is O=C(N[C@H]1CCCCC/C=C\[C@@H]2C[C@@]2(C(=O)NS(=O)(=O)C2CC2)NC(=O)[C@@H]2C[C@@H](n3nc(-c4ccccc4)c(-c4cccc5cccnc45)n3)CN2C1=O)OC1CCCC1.O=C(N[C@H]1CCCCC/C=C\[C@@H]2C[C@@]2(C(=O)O)NC(=O)[C@@H]2C[C@@H](n3nc(-c4ccccc4)c(-c4cccc5cccnc45)n3)CN2C1=O)OC1CCCC1. The summed E-state index contributed by atoms with van der Waals surface area (Å²) in [6.07, 6.45) is 24.9. The van der Waals surface area contributed by atoms with Gasteiger partial charge in [0.15, 0.2) is 0 Å². The van der Waals surface area contributed by atoms with Crippen LogP contribution in [0.3, 0.4) is 0 Å². The average Bonchev–Trinajstić information content (AvgIpc) is 1.58. The zero-order valence-electron chi connectivity index (χ0n) is 63.5. The van der Waals surface area contributed by atoms with Crippen molar-refractivity contribution in [2.75, 3.05) is 13.1 Å². The molecule has 29 heteroatoms. The highest BCUT2D eigenvalue weighted by molar-refractivity contribution is 7.91. The Morgan fingerprint density at radius 1 is 0.482 bits per heavy atom. The number of para-hydroxylation sites is 2. The Bertz CT molecular complexity index is 5130. The quantitative estimate of drug-likeness (QED) is 0.0551. The lowest BCUT2D eigenvalue weighted by molar-refractivity contribution is -0.145. The third-order valence-corrected chi connectivity index (χ3v) is 25.8. The first-order chi connectivity index (χ1) is 55.4. The Morgan fingerprint density at radius 3 is 1.36 bits per heavy atom. The highest BCUT2D eigenvalue weighted by Gasteiger charge is 2.63. The Balaban J connectivity index is 0.000000173. The minimum atomic E-state index is -3.91. The van der Waals surface area contributed by atoms with Crippen molar-refractivity contribution in [1.29, 1.82) is 0 Å². The second-order valence-corrected chi connectivity index (χ2v) is 33.9. The van der Waals surface area contributed by atoms with Crippen molar-refractivity contribution in [3.63, 3.8) is 0 Å². The monoisotopic (exact) mass is 1570 g/mol. The molecule has 4 aliphatic heterocycles. The predicted molar refractivity (Wildman–Crippen MR) is 422 cm³/mol. The number of hydrogen-bond acceptors (Lipinski definition) is 18. The number of allylic oxidation sites excluding steroid dienone is 2. The summed E-state index contributed by atoms with van der Waals surface area (Å²) in [6.45, 7) is 0.105. The van der Waals surface area contributed by atoms with Crippen molar-refractivity contribution < 1.29 is 61.4 Å². The Kier molecular flexibility index (Phi) is 22.3. The molecule has 4 aromatic carbocycles. The fraction of sp³-hybridized carbons (Fsp3) is 0.459. The van der Waals surface area contributed by atoms with Crippen molar-refractivity contribution >= 4 is 79.5 Å². The van der Waals surface area contributed by atoms with E-state index in [4.69, 9.17) is 29.9 Å². The molecule has 114 heavy (non-hydrogen) atoms. The van der Waals surface area contributed by atoms with Crippen LogP contribution in [0.25, 0.3) is 66.8 Å². The molecular weight excluding hydrogens is 1470 g/mol. The first-order valence-corrected chi connectivity index (χ1v) is 42.0. The summed E-state index contributed by atoms with van der Waals surface area (Å²) >= 11 is 0. The number of aromatic nitrogens is 8. The van der Waals surface area contributed by atoms with Crippen LogP contribution in [0.4, 0.5) is 9.59 Å². The van der Waals surface area contributed by atoms with Crippen molar-refractivity contribution in [3.05, 3.63) is 158 Å². The summed E-state index contributed by atoms with van der Waals surface area (Å²) in [7, 11) is -3.91. The number of carbonyl (C=O) groups excluding carboxylic acids is 7. The van der Waals surface area contributed by atoms with E-state index in [1.54, 1.807) is 22.0 Å². The van der Waals surface area contributed by atoms with Crippen LogP contribution in [0.2, 0.25) is 0 Å². The van der Waals surface area contributed by atoms with Crippen LogP contribution < -0.4 is 26.0 Å². The molecule has 0 unspecified atom stereocenters. The number of alkyl carbamates (subject to hydrolysis) is 2. The molecule has 9 aliphatic rings. The van der Waals surface area contributed by atoms with E-state index in [-0.39, 0.29) is 56.9 Å². The van der Waals surface area contributed by atoms with E-state index in [2.05, 4.69) is 36.0 Å². The van der Waals surface area contributed by atoms with E-state index in [9.17, 15) is 51.9 Å². The minimum absolute atomic E-state index is 0.0293. The number of ether oxygens (including phenoxy) is 2. The van der Waals surface area contributed by atoms with Crippen LogP contribution in [0.5, 0.6) is 0 Å². The van der Waals surface area contributed by atoms with Crippen LogP contribution in [-0.2, 0) is 48.3 Å². The summed E-state index contributed by atoms with van der Waals surface area (Å²) in [5.74, 6) is -4.69. The van der Waals surface area contributed by atoms with Gasteiger partial charge in [-0.2, -0.15) is 30.0 Å². The van der Waals surface area contributed by atoms with Gasteiger partial charge in [-0.1, -0.05) is 159 Å². The topological polar surface area (TPSA) is 363 Å². The number of fused-ring (bicyclic) bond motifs is 6. The van der Waals surface area contributed by atoms with Crippen LogP contribution in [0, 0.1) is 11.8 Å². The molecule has 8 aromatic rings. The van der Waals surface area contributed by atoms with E-state index < -0.39 is 116 Å². The van der Waals surface area contributed by atoms with Crippen molar-refractivity contribution in [1.82, 2.24) is 75.7 Å². The molecule has 4 aromatic heterocycles. The number of nitrogens with zero attached hydrogens (tertiary/aromatic N) is 10. The number of benzene rings is 4. The van der Waals surface area contributed by atoms with E-state index in [0.29, 0.717) is 67.7 Å². The standard InChI is InChI=1S/C44H50N8O7S.C41H45N7O6/c53-40-36-25-31(52-48-38(29-13-5-4-6-14-29)39(49-52)34-20-11-15-28-16-12-24-45-37(28)34)27-51(36)41(54)35(46-43(56)59-32-18-9-10-19-32)21-8-3-1-2-7-17-30-26-44(30,47-40)42(55)50-60(57,58)33-22-23-33;49-37-33-23-29(48-45-35(27-13-5-4-6-14-27)36(46-48)31-20-11-15-26-16-12-22-42-34(26)31)25-47(33)38(50)32(43-40(53)54-30-18-9-10-19-30)21-8-3-1-2-7-17-28-24-41(28,44-37)39(51)52/h4-7,11-17,20,24,30-33,35-36H,1-3,8-10,18-19,21-23,25-27H2,(H,46,56)(H,47,53)(H,50,55);4-7,11-17,20,22,28-30,32-33H,1-3,8-10,18-19,21,23-25H2,(H,43,53)(H,44,49)(H,51,52)/b2*17-7-/t30-,31-,35+,36+,44-;28-,29-,32+,33+,41-/m11/s1. The summed E-state index contributed by atoms with van der Waals surface area (Å²) in [5.41, 5.74) is 4.20. The van der Waals surface area contributed by atoms with Gasteiger partial charge in [-0.3, -0.25) is 38.7 Å². The highest BCUT2D eigenvalue weighted by Crippen LogP contribution is 2.48. The number of carbonyl (C=O) groups is 8. The van der Waals surface area contributed by atoms with E-state index in [1.807, 2.05) is 146 Å². The zero-order valence-corrected chi connectivity index (χ0v) is 64.3. The van der Waals surface area contributed by atoms with Gasteiger partial charge in [-0.15, -0.1) is 0 Å². The molecule has 6 N–H and O–H groups in total. The van der Waals surface area contributed by atoms with Crippen LogP contribution in [-0.4, -0.2) is 177 Å². The van der Waals surface area contributed by atoms with Crippen molar-refractivity contribution in [2.45, 2.75) is 219 Å². The molecule has 7 amide bonds. The fourth-order valence-electron chi connectivity index (χ4n) is 17.4. The van der Waals surface area contributed by atoms with Gasteiger partial charge in [0.25, 0.3) is 5.91 Å². The number of sulfonamides is 1. The number of amides is 7. The Hall–Kier alpha value is -11.2. The largest absolute Gasteiger partial charge is 0.479 e. The summed E-state index contributed by atoms with van der Waals surface area (Å²) in [5, 5.41) is 43.2. The molecule has 5 aliphatic carbocycles. The van der Waals surface area contributed by atoms with Crippen LogP contribution >= 0.6 is 0 Å². The summed E-state index contributed by atoms with van der Waals surface area (Å²) in [6, 6.07) is 33.7. The normalized spacial score (nSPS) is 26.9. The number of rotatable bonds is 14. The molecule has 17 rings (SSSR count). The molecular formula is C85H95N15O13S. The highest BCUT2D eigenvalue weighted by atomic mass is 32.2. The fourth-order valence-corrected chi connectivity index (χ4v) is 18.7. The number of hydrogen-bond donors (Lipinski definition) is 6. The number of carboxylic acid groups (broad SMARTS) is 1. The van der Waals surface area contributed by atoms with E-state index in [0.717, 1.165) is 128 Å². The number of aliphatic carboxylic acids is 1. The number of pyridine rings is 2. The van der Waals surface area contributed by atoms with Gasteiger partial charge in [0, 0.05) is 83.2 Å². The lowest BCUT2D eigenvalue weighted by Crippen LogP contribution is -2.58. The molecule has 594 valence electrons. The maximum absolute atomic E-state index is 14.8. The summed E-state index contributed by atoms with van der Waals surface area (Å²) < 4.78 is 39.6. The first kappa shape index (κ1) is 76.7. The second kappa shape index (κ2) is 33.1. The molecule has 0 spiro atoms. The molecule has 2 saturated heterocycles. The van der Waals surface area contributed by atoms with E-state index >= 15 is 0 Å². The van der Waals surface area contributed by atoms with E-state index in [1.165, 1.54) is 9.80 Å². The lowest BCUT2D eigenvalue weighted by Gasteiger charge is -2.30. The maximum atomic E-state index is 14.8. The van der Waals surface area contributed by atoms with Gasteiger partial charge in [0.05, 0.1) is 28.4 Å². The predicted octanol–water partition coefficient (Wildman–Crippen LogP) is 11.2. The molecule has 7 fully saturated rings. The molecule has 8 heterocycles. The third-order valence-electron chi connectivity index (χ3n) is 24.0. The number of nitrogens with one attached hydrogen (secondary N) is 5. The number of carboxylic acids is 1.